The van der Waals surface area contributed by atoms with E-state index in [0.29, 0.717) is 18.0 Å². The number of nitrogens with one attached hydrogen (secondary N) is 1. The predicted octanol–water partition coefficient (Wildman–Crippen LogP) is 2.83. The smallest absolute Gasteiger partial charge is 0.169 e. The van der Waals surface area contributed by atoms with Crippen molar-refractivity contribution in [3.63, 3.8) is 0 Å². The monoisotopic (exact) mass is 333 g/mol. The Morgan fingerprint density at radius 3 is 2.88 bits per heavy atom. The van der Waals surface area contributed by atoms with E-state index in [-0.39, 0.29) is 17.6 Å². The summed E-state index contributed by atoms with van der Waals surface area (Å²) in [6.07, 6.45) is 5.70. The summed E-state index contributed by atoms with van der Waals surface area (Å²) in [6.45, 7) is 1.96. The fourth-order valence-corrected chi connectivity index (χ4v) is 3.27. The number of methoxy groups -OCH3 is 1. The first-order valence-corrected chi connectivity index (χ1v) is 8.30. The number of aryl methyl sites for hydroxylation is 1. The van der Waals surface area contributed by atoms with Crippen LogP contribution in [0.4, 0.5) is 4.39 Å². The summed E-state index contributed by atoms with van der Waals surface area (Å²) < 4.78 is 26.9. The minimum atomic E-state index is -0.307. The van der Waals surface area contributed by atoms with Gasteiger partial charge >= 0.3 is 0 Å². The van der Waals surface area contributed by atoms with Gasteiger partial charge in [-0.3, -0.25) is 0 Å². The third-order valence-corrected chi connectivity index (χ3v) is 4.65. The lowest BCUT2D eigenvalue weighted by Crippen LogP contribution is -2.33. The van der Waals surface area contributed by atoms with Crippen LogP contribution >= 0.6 is 0 Å². The molecule has 2 heterocycles. The molecule has 130 valence electrons. The molecule has 0 spiro atoms. The van der Waals surface area contributed by atoms with Gasteiger partial charge in [0, 0.05) is 44.8 Å². The van der Waals surface area contributed by atoms with Gasteiger partial charge in [0.05, 0.1) is 13.2 Å². The highest BCUT2D eigenvalue weighted by Crippen LogP contribution is 2.30. The van der Waals surface area contributed by atoms with Crippen molar-refractivity contribution in [2.24, 2.45) is 13.0 Å². The summed E-state index contributed by atoms with van der Waals surface area (Å²) in [5, 5.41) is 3.51. The first-order chi connectivity index (χ1) is 11.7. The molecule has 1 aliphatic heterocycles. The van der Waals surface area contributed by atoms with E-state index in [2.05, 4.69) is 10.3 Å². The maximum Gasteiger partial charge on any atom is 0.169 e. The van der Waals surface area contributed by atoms with Gasteiger partial charge in [-0.25, -0.2) is 9.37 Å². The highest BCUT2D eigenvalue weighted by atomic mass is 19.1. The van der Waals surface area contributed by atoms with E-state index in [0.717, 1.165) is 31.9 Å². The summed E-state index contributed by atoms with van der Waals surface area (Å²) >= 11 is 0. The normalized spacial score (nSPS) is 17.0. The number of benzene rings is 1. The molecule has 3 rings (SSSR count). The summed E-state index contributed by atoms with van der Waals surface area (Å²) in [7, 11) is 3.47. The van der Waals surface area contributed by atoms with E-state index in [1.54, 1.807) is 18.3 Å². The molecule has 6 heteroatoms. The Balaban J connectivity index is 1.78. The van der Waals surface area contributed by atoms with Crippen molar-refractivity contribution in [2.45, 2.75) is 25.4 Å². The lowest BCUT2D eigenvalue weighted by Gasteiger charge is -2.31. The minimum absolute atomic E-state index is 0.0690. The molecule has 1 fully saturated rings. The van der Waals surface area contributed by atoms with E-state index in [4.69, 9.17) is 9.47 Å². The van der Waals surface area contributed by atoms with Gasteiger partial charge in [-0.2, -0.15) is 0 Å². The number of ether oxygens (including phenoxy) is 2. The maximum absolute atomic E-state index is 14.4. The molecule has 0 amide bonds. The lowest BCUT2D eigenvalue weighted by atomic mass is 9.91. The van der Waals surface area contributed by atoms with Crippen LogP contribution in [0.5, 0.6) is 5.75 Å². The summed E-state index contributed by atoms with van der Waals surface area (Å²) in [5.41, 5.74) is 0.598. The van der Waals surface area contributed by atoms with Gasteiger partial charge in [-0.15, -0.1) is 0 Å². The maximum atomic E-state index is 14.4. The number of nitrogens with zero attached hydrogens (tertiary/aromatic N) is 2. The van der Waals surface area contributed by atoms with E-state index >= 15 is 0 Å². The molecule has 5 nitrogen and oxygen atoms in total. The van der Waals surface area contributed by atoms with E-state index in [1.165, 1.54) is 7.11 Å². The molecule has 1 atom stereocenters. The zero-order valence-electron chi connectivity index (χ0n) is 14.2. The number of rotatable bonds is 6. The number of hydrogen-bond donors (Lipinski definition) is 1. The molecule has 24 heavy (non-hydrogen) atoms. The van der Waals surface area contributed by atoms with Gasteiger partial charge in [0.1, 0.15) is 5.82 Å². The molecule has 1 aliphatic rings. The average Bonchev–Trinajstić information content (AvgIpc) is 3.03. The Morgan fingerprint density at radius 1 is 1.42 bits per heavy atom. The first-order valence-electron chi connectivity index (χ1n) is 8.30. The van der Waals surface area contributed by atoms with Crippen molar-refractivity contribution >= 4 is 0 Å². The zero-order chi connectivity index (χ0) is 16.9. The summed E-state index contributed by atoms with van der Waals surface area (Å²) in [4.78, 5) is 4.50. The molecule has 1 N–H and O–H groups in total. The largest absolute Gasteiger partial charge is 0.494 e. The molecule has 0 unspecified atom stereocenters. The Morgan fingerprint density at radius 2 is 2.21 bits per heavy atom. The zero-order valence-corrected chi connectivity index (χ0v) is 14.2. The van der Waals surface area contributed by atoms with Crippen molar-refractivity contribution in [2.75, 3.05) is 20.3 Å². The second kappa shape index (κ2) is 7.77. The molecule has 1 aromatic carbocycles. The van der Waals surface area contributed by atoms with Crippen molar-refractivity contribution < 1.29 is 13.9 Å². The van der Waals surface area contributed by atoms with Crippen molar-refractivity contribution in [1.29, 1.82) is 0 Å². The quantitative estimate of drug-likeness (QED) is 0.883. The molecule has 0 saturated carbocycles. The predicted molar refractivity (Wildman–Crippen MR) is 89.3 cm³/mol. The second-order valence-electron chi connectivity index (χ2n) is 6.14. The molecular formula is C18H24FN3O2. The summed E-state index contributed by atoms with van der Waals surface area (Å²) in [5.74, 6) is 1.37. The number of aromatic nitrogens is 2. The SMILES string of the molecule is COc1cccc(CN[C@@H](c2nccn2C)C2CCOCC2)c1F. The van der Waals surface area contributed by atoms with Crippen LogP contribution in [0, 0.1) is 11.7 Å². The highest BCUT2D eigenvalue weighted by Gasteiger charge is 2.28. The topological polar surface area (TPSA) is 48.3 Å². The first kappa shape index (κ1) is 16.9. The van der Waals surface area contributed by atoms with Crippen molar-refractivity contribution in [3.05, 3.63) is 47.8 Å². The molecule has 1 saturated heterocycles. The fourth-order valence-electron chi connectivity index (χ4n) is 3.27. The van der Waals surface area contributed by atoms with E-state index in [9.17, 15) is 4.39 Å². The molecule has 0 aliphatic carbocycles. The Kier molecular flexibility index (Phi) is 5.48. The van der Waals surface area contributed by atoms with Gasteiger partial charge in [0.15, 0.2) is 11.6 Å². The molecule has 0 radical (unpaired) electrons. The van der Waals surface area contributed by atoms with Gasteiger partial charge in [0.25, 0.3) is 0 Å². The number of halogens is 1. The van der Waals surface area contributed by atoms with Gasteiger partial charge in [0.2, 0.25) is 0 Å². The van der Waals surface area contributed by atoms with Crippen LogP contribution in [0.15, 0.2) is 30.6 Å². The van der Waals surface area contributed by atoms with Crippen LogP contribution in [0.1, 0.15) is 30.3 Å². The van der Waals surface area contributed by atoms with Crippen LogP contribution in [0.2, 0.25) is 0 Å². The van der Waals surface area contributed by atoms with Crippen LogP contribution in [0.3, 0.4) is 0 Å². The van der Waals surface area contributed by atoms with E-state index in [1.807, 2.05) is 23.9 Å². The third-order valence-electron chi connectivity index (χ3n) is 4.65. The van der Waals surface area contributed by atoms with Crippen molar-refractivity contribution in [3.8, 4) is 5.75 Å². The van der Waals surface area contributed by atoms with Crippen LogP contribution in [-0.4, -0.2) is 29.9 Å². The van der Waals surface area contributed by atoms with Crippen LogP contribution < -0.4 is 10.1 Å². The fraction of sp³-hybridized carbons (Fsp3) is 0.500. The van der Waals surface area contributed by atoms with Crippen LogP contribution in [-0.2, 0) is 18.3 Å². The van der Waals surface area contributed by atoms with Gasteiger partial charge in [-0.05, 0) is 24.8 Å². The standard InChI is InChI=1S/C18H24FN3O2/c1-22-9-8-20-18(22)17(13-6-10-24-11-7-13)21-12-14-4-3-5-15(23-2)16(14)19/h3-5,8-9,13,17,21H,6-7,10-12H2,1-2H3/t17-/m1/s1. The number of hydrogen-bond acceptors (Lipinski definition) is 4. The Bertz CT molecular complexity index is 668. The van der Waals surface area contributed by atoms with Crippen molar-refractivity contribution in [1.82, 2.24) is 14.9 Å². The Hall–Kier alpha value is -1.92. The van der Waals surface area contributed by atoms with Gasteiger partial charge in [-0.1, -0.05) is 12.1 Å². The number of imidazole rings is 1. The van der Waals surface area contributed by atoms with E-state index < -0.39 is 0 Å². The highest BCUT2D eigenvalue weighted by molar-refractivity contribution is 5.31. The third kappa shape index (κ3) is 3.60. The molecule has 2 aromatic rings. The Labute approximate surface area is 141 Å². The van der Waals surface area contributed by atoms with Gasteiger partial charge < -0.3 is 19.4 Å². The average molecular weight is 333 g/mol. The lowest BCUT2D eigenvalue weighted by molar-refractivity contribution is 0.0517. The molecule has 1 aromatic heterocycles. The second-order valence-corrected chi connectivity index (χ2v) is 6.14. The summed E-state index contributed by atoms with van der Waals surface area (Å²) in [6, 6.07) is 5.29. The van der Waals surface area contributed by atoms with Crippen LogP contribution in [0.25, 0.3) is 0 Å². The minimum Gasteiger partial charge on any atom is -0.494 e. The molecular weight excluding hydrogens is 309 g/mol. The molecule has 0 bridgehead atoms.